The van der Waals surface area contributed by atoms with E-state index in [2.05, 4.69) is 6.92 Å². The van der Waals surface area contributed by atoms with Gasteiger partial charge in [-0.05, 0) is 49.2 Å². The Balaban J connectivity index is 2.08. The van der Waals surface area contributed by atoms with Crippen molar-refractivity contribution in [3.05, 3.63) is 54.1 Å². The Morgan fingerprint density at radius 1 is 0.950 bits per heavy atom. The molecule has 2 aromatic carbocycles. The van der Waals surface area contributed by atoms with E-state index in [9.17, 15) is 0 Å². The molecule has 0 spiro atoms. The van der Waals surface area contributed by atoms with E-state index in [1.807, 2.05) is 48.5 Å². The third-order valence-electron chi connectivity index (χ3n) is 2.90. The van der Waals surface area contributed by atoms with E-state index >= 15 is 0 Å². The van der Waals surface area contributed by atoms with Gasteiger partial charge in [-0.2, -0.15) is 0 Å². The number of hydrogen-bond donors (Lipinski definition) is 1. The highest BCUT2D eigenvalue weighted by molar-refractivity contribution is 5.43. The van der Waals surface area contributed by atoms with E-state index in [4.69, 9.17) is 15.2 Å². The fourth-order valence-electron chi connectivity index (χ4n) is 1.88. The van der Waals surface area contributed by atoms with Crippen LogP contribution in [0.1, 0.15) is 18.9 Å². The fourth-order valence-corrected chi connectivity index (χ4v) is 1.88. The average molecular weight is 271 g/mol. The minimum Gasteiger partial charge on any atom is -0.490 e. The second-order valence-electron chi connectivity index (χ2n) is 4.58. The molecule has 0 amide bonds. The predicted molar refractivity (Wildman–Crippen MR) is 81.5 cm³/mol. The summed E-state index contributed by atoms with van der Waals surface area (Å²) in [6.07, 6.45) is 1.86. The first-order valence-electron chi connectivity index (χ1n) is 7.02. The minimum atomic E-state index is 0.661. The Morgan fingerprint density at radius 3 is 2.30 bits per heavy atom. The molecule has 0 unspecified atom stereocenters. The highest BCUT2D eigenvalue weighted by Gasteiger charge is 2.05. The Labute approximate surface area is 120 Å². The van der Waals surface area contributed by atoms with Gasteiger partial charge in [0.1, 0.15) is 5.75 Å². The maximum atomic E-state index is 5.88. The maximum Gasteiger partial charge on any atom is 0.169 e. The molecule has 0 radical (unpaired) electrons. The van der Waals surface area contributed by atoms with Crippen LogP contribution < -0.4 is 15.2 Å². The van der Waals surface area contributed by atoms with Crippen LogP contribution in [0.3, 0.4) is 0 Å². The lowest BCUT2D eigenvalue weighted by atomic mass is 10.1. The van der Waals surface area contributed by atoms with Crippen LogP contribution in [0.4, 0.5) is 0 Å². The van der Waals surface area contributed by atoms with Gasteiger partial charge in [-0.1, -0.05) is 31.2 Å². The molecule has 3 nitrogen and oxygen atoms in total. The number of nitrogens with two attached hydrogens (primary N) is 1. The summed E-state index contributed by atoms with van der Waals surface area (Å²) in [4.78, 5) is 0. The van der Waals surface area contributed by atoms with E-state index in [-0.39, 0.29) is 0 Å². The lowest BCUT2D eigenvalue weighted by molar-refractivity contribution is 0.302. The van der Waals surface area contributed by atoms with Crippen LogP contribution >= 0.6 is 0 Å². The van der Waals surface area contributed by atoms with E-state index in [0.29, 0.717) is 13.2 Å². The number of para-hydroxylation sites is 2. The molecule has 0 heterocycles. The standard InChI is InChI=1S/C17H21NO2/c1-2-13-19-16-5-3-4-6-17(16)20-15-9-7-14(8-10-15)11-12-18/h3-10H,2,11-13,18H2,1H3. The first-order valence-corrected chi connectivity index (χ1v) is 7.02. The van der Waals surface area contributed by atoms with Crippen molar-refractivity contribution in [2.45, 2.75) is 19.8 Å². The van der Waals surface area contributed by atoms with Crippen molar-refractivity contribution >= 4 is 0 Å². The maximum absolute atomic E-state index is 5.88. The van der Waals surface area contributed by atoms with Crippen molar-refractivity contribution in [2.24, 2.45) is 5.73 Å². The van der Waals surface area contributed by atoms with Crippen molar-refractivity contribution in [3.8, 4) is 17.2 Å². The summed E-state index contributed by atoms with van der Waals surface area (Å²) < 4.78 is 11.6. The van der Waals surface area contributed by atoms with Crippen LogP contribution in [0.5, 0.6) is 17.2 Å². The number of rotatable bonds is 7. The Morgan fingerprint density at radius 2 is 1.65 bits per heavy atom. The largest absolute Gasteiger partial charge is 0.490 e. The molecule has 106 valence electrons. The van der Waals surface area contributed by atoms with Gasteiger partial charge in [-0.3, -0.25) is 0 Å². The molecule has 0 bridgehead atoms. The Hall–Kier alpha value is -2.00. The molecule has 20 heavy (non-hydrogen) atoms. The zero-order chi connectivity index (χ0) is 14.2. The molecular weight excluding hydrogens is 250 g/mol. The smallest absolute Gasteiger partial charge is 0.169 e. The van der Waals surface area contributed by atoms with Gasteiger partial charge in [0.25, 0.3) is 0 Å². The van der Waals surface area contributed by atoms with Crippen LogP contribution in [-0.4, -0.2) is 13.2 Å². The predicted octanol–water partition coefficient (Wildman–Crippen LogP) is 3.77. The zero-order valence-electron chi connectivity index (χ0n) is 11.8. The van der Waals surface area contributed by atoms with Gasteiger partial charge in [0.2, 0.25) is 0 Å². The summed E-state index contributed by atoms with van der Waals surface area (Å²) in [7, 11) is 0. The molecule has 0 aliphatic carbocycles. The molecule has 2 aromatic rings. The molecule has 0 aliphatic heterocycles. The monoisotopic (exact) mass is 271 g/mol. The van der Waals surface area contributed by atoms with Crippen molar-refractivity contribution in [3.63, 3.8) is 0 Å². The lowest BCUT2D eigenvalue weighted by Gasteiger charge is -2.12. The Kier molecular flexibility index (Phi) is 5.44. The van der Waals surface area contributed by atoms with Crippen LogP contribution in [0.2, 0.25) is 0 Å². The normalized spacial score (nSPS) is 10.3. The van der Waals surface area contributed by atoms with Gasteiger partial charge in [0, 0.05) is 0 Å². The van der Waals surface area contributed by atoms with Crippen LogP contribution in [0.15, 0.2) is 48.5 Å². The molecule has 0 atom stereocenters. The van der Waals surface area contributed by atoms with Crippen molar-refractivity contribution in [2.75, 3.05) is 13.2 Å². The van der Waals surface area contributed by atoms with E-state index in [1.54, 1.807) is 0 Å². The minimum absolute atomic E-state index is 0.661. The number of benzene rings is 2. The molecule has 0 saturated heterocycles. The quantitative estimate of drug-likeness (QED) is 0.833. The summed E-state index contributed by atoms with van der Waals surface area (Å²) in [6.45, 7) is 3.43. The van der Waals surface area contributed by atoms with Crippen molar-refractivity contribution in [1.82, 2.24) is 0 Å². The molecule has 0 saturated carbocycles. The van der Waals surface area contributed by atoms with E-state index < -0.39 is 0 Å². The molecule has 2 N–H and O–H groups in total. The average Bonchev–Trinajstić information content (AvgIpc) is 2.49. The van der Waals surface area contributed by atoms with Gasteiger partial charge >= 0.3 is 0 Å². The first-order chi connectivity index (χ1) is 9.83. The fraction of sp³-hybridized carbons (Fsp3) is 0.294. The summed E-state index contributed by atoms with van der Waals surface area (Å²) in [5, 5.41) is 0. The molecular formula is C17H21NO2. The van der Waals surface area contributed by atoms with E-state index in [0.717, 1.165) is 30.1 Å². The molecule has 0 fully saturated rings. The second kappa shape index (κ2) is 7.56. The third-order valence-corrected chi connectivity index (χ3v) is 2.90. The van der Waals surface area contributed by atoms with Gasteiger partial charge in [0.15, 0.2) is 11.5 Å². The highest BCUT2D eigenvalue weighted by atomic mass is 16.5. The van der Waals surface area contributed by atoms with Crippen molar-refractivity contribution in [1.29, 1.82) is 0 Å². The van der Waals surface area contributed by atoms with Gasteiger partial charge in [0.05, 0.1) is 6.61 Å². The zero-order valence-corrected chi connectivity index (χ0v) is 11.8. The molecule has 0 aliphatic rings. The topological polar surface area (TPSA) is 44.5 Å². The summed E-state index contributed by atoms with van der Waals surface area (Å²) in [6, 6.07) is 15.7. The Bertz CT molecular complexity index is 523. The van der Waals surface area contributed by atoms with Gasteiger partial charge < -0.3 is 15.2 Å². The highest BCUT2D eigenvalue weighted by Crippen LogP contribution is 2.31. The second-order valence-corrected chi connectivity index (χ2v) is 4.58. The van der Waals surface area contributed by atoms with Crippen LogP contribution in [-0.2, 0) is 6.42 Å². The van der Waals surface area contributed by atoms with Crippen molar-refractivity contribution < 1.29 is 9.47 Å². The first kappa shape index (κ1) is 14.4. The molecule has 0 aromatic heterocycles. The van der Waals surface area contributed by atoms with Crippen LogP contribution in [0, 0.1) is 0 Å². The van der Waals surface area contributed by atoms with Crippen LogP contribution in [0.25, 0.3) is 0 Å². The third kappa shape index (κ3) is 4.00. The summed E-state index contributed by atoms with van der Waals surface area (Å²) >= 11 is 0. The number of ether oxygens (including phenoxy) is 2. The van der Waals surface area contributed by atoms with E-state index in [1.165, 1.54) is 5.56 Å². The van der Waals surface area contributed by atoms with Gasteiger partial charge in [-0.25, -0.2) is 0 Å². The SMILES string of the molecule is CCCOc1ccccc1Oc1ccc(CCN)cc1. The lowest BCUT2D eigenvalue weighted by Crippen LogP contribution is -2.02. The van der Waals surface area contributed by atoms with Gasteiger partial charge in [-0.15, -0.1) is 0 Å². The summed E-state index contributed by atoms with van der Waals surface area (Å²) in [5.74, 6) is 2.33. The summed E-state index contributed by atoms with van der Waals surface area (Å²) in [5.41, 5.74) is 6.76. The molecule has 2 rings (SSSR count). The molecule has 3 heteroatoms. The number of hydrogen-bond acceptors (Lipinski definition) is 3.